The number of halogens is 2. The Kier molecular flexibility index (Phi) is 11.2. The minimum atomic E-state index is -4.14. The van der Waals surface area contributed by atoms with Crippen molar-refractivity contribution in [3.05, 3.63) is 93.5 Å². The zero-order valence-corrected chi connectivity index (χ0v) is 27.2. The van der Waals surface area contributed by atoms with Crippen molar-refractivity contribution in [1.82, 2.24) is 10.2 Å². The fraction of sp³-hybridized carbons (Fsp3) is 0.394. The molecule has 1 aliphatic carbocycles. The third-order valence-electron chi connectivity index (χ3n) is 7.92. The molecule has 1 aliphatic rings. The van der Waals surface area contributed by atoms with E-state index in [1.807, 2.05) is 32.9 Å². The standard InChI is InChI=1S/C33H39Cl2N3O4S/c1-4-30(33(40)36-27-11-7-5-8-12-27)37(21-25-16-17-26(34)20-29(25)35)32(39)22-38(31-18-15-23(2)19-24(31)3)43(41,42)28-13-9-6-10-14-28/h6,9-10,13-20,27,30H,4-5,7-8,11-12,21-22H2,1-3H3,(H,36,40)/t30-/m0/s1. The summed E-state index contributed by atoms with van der Waals surface area (Å²) in [6, 6.07) is 17.7. The number of carbonyl (C=O) groups is 2. The molecule has 1 atom stereocenters. The van der Waals surface area contributed by atoms with Crippen LogP contribution in [0.5, 0.6) is 0 Å². The Hall–Kier alpha value is -3.07. The van der Waals surface area contributed by atoms with Gasteiger partial charge in [0.25, 0.3) is 10.0 Å². The van der Waals surface area contributed by atoms with E-state index < -0.39 is 28.5 Å². The van der Waals surface area contributed by atoms with Crippen molar-refractivity contribution >= 4 is 50.7 Å². The van der Waals surface area contributed by atoms with E-state index in [0.29, 0.717) is 33.3 Å². The van der Waals surface area contributed by atoms with Crippen LogP contribution < -0.4 is 9.62 Å². The number of nitrogens with one attached hydrogen (secondary N) is 1. The molecule has 3 aromatic rings. The highest BCUT2D eigenvalue weighted by molar-refractivity contribution is 7.92. The number of rotatable bonds is 11. The monoisotopic (exact) mass is 643 g/mol. The number of nitrogens with zero attached hydrogens (tertiary/aromatic N) is 2. The van der Waals surface area contributed by atoms with Gasteiger partial charge in [0.2, 0.25) is 11.8 Å². The number of hydrogen-bond donors (Lipinski definition) is 1. The minimum absolute atomic E-state index is 0.0114. The van der Waals surface area contributed by atoms with Crippen molar-refractivity contribution in [3.8, 4) is 0 Å². The van der Waals surface area contributed by atoms with E-state index in [1.165, 1.54) is 17.0 Å². The van der Waals surface area contributed by atoms with Crippen LogP contribution in [0.15, 0.2) is 71.6 Å². The summed E-state index contributed by atoms with van der Waals surface area (Å²) in [5.41, 5.74) is 2.68. The molecule has 43 heavy (non-hydrogen) atoms. The first-order valence-corrected chi connectivity index (χ1v) is 16.9. The van der Waals surface area contributed by atoms with Gasteiger partial charge in [-0.3, -0.25) is 13.9 Å². The highest BCUT2D eigenvalue weighted by atomic mass is 35.5. The number of benzene rings is 3. The Morgan fingerprint density at radius 3 is 2.28 bits per heavy atom. The molecule has 4 rings (SSSR count). The summed E-state index contributed by atoms with van der Waals surface area (Å²) < 4.78 is 29.2. The van der Waals surface area contributed by atoms with Crippen LogP contribution in [-0.4, -0.2) is 43.8 Å². The van der Waals surface area contributed by atoms with Crippen molar-refractivity contribution in [2.45, 2.75) is 82.8 Å². The van der Waals surface area contributed by atoms with E-state index in [4.69, 9.17) is 23.2 Å². The molecule has 0 unspecified atom stereocenters. The van der Waals surface area contributed by atoms with Crippen molar-refractivity contribution in [1.29, 1.82) is 0 Å². The minimum Gasteiger partial charge on any atom is -0.352 e. The van der Waals surface area contributed by atoms with Crippen LogP contribution in [0.25, 0.3) is 0 Å². The summed E-state index contributed by atoms with van der Waals surface area (Å²) in [6.45, 7) is 5.10. The van der Waals surface area contributed by atoms with Gasteiger partial charge in [-0.05, 0) is 74.6 Å². The first-order chi connectivity index (χ1) is 20.5. The summed E-state index contributed by atoms with van der Waals surface area (Å²) >= 11 is 12.7. The average molecular weight is 645 g/mol. The molecule has 1 N–H and O–H groups in total. The number of hydrogen-bond acceptors (Lipinski definition) is 4. The zero-order valence-electron chi connectivity index (χ0n) is 24.9. The first-order valence-electron chi connectivity index (χ1n) is 14.7. The molecule has 1 fully saturated rings. The Balaban J connectivity index is 1.74. The molecule has 7 nitrogen and oxygen atoms in total. The lowest BCUT2D eigenvalue weighted by Crippen LogP contribution is -2.54. The molecule has 0 aromatic heterocycles. The lowest BCUT2D eigenvalue weighted by molar-refractivity contribution is -0.140. The molecule has 2 amide bonds. The zero-order chi connectivity index (χ0) is 31.1. The van der Waals surface area contributed by atoms with Gasteiger partial charge >= 0.3 is 0 Å². The van der Waals surface area contributed by atoms with Crippen LogP contribution in [-0.2, 0) is 26.2 Å². The van der Waals surface area contributed by atoms with Crippen LogP contribution in [0.3, 0.4) is 0 Å². The van der Waals surface area contributed by atoms with Gasteiger partial charge in [-0.1, -0.05) is 91.3 Å². The topological polar surface area (TPSA) is 86.8 Å². The predicted octanol–water partition coefficient (Wildman–Crippen LogP) is 7.06. The second-order valence-electron chi connectivity index (χ2n) is 11.1. The molecule has 0 heterocycles. The number of aryl methyl sites for hydroxylation is 2. The molecule has 3 aromatic carbocycles. The molecule has 0 spiro atoms. The van der Waals surface area contributed by atoms with E-state index in [1.54, 1.807) is 42.5 Å². The molecule has 0 aliphatic heterocycles. The maximum atomic E-state index is 14.3. The molecule has 1 saturated carbocycles. The fourth-order valence-electron chi connectivity index (χ4n) is 5.62. The average Bonchev–Trinajstić information content (AvgIpc) is 2.98. The highest BCUT2D eigenvalue weighted by Crippen LogP contribution is 2.29. The number of carbonyl (C=O) groups excluding carboxylic acids is 2. The van der Waals surface area contributed by atoms with Crippen LogP contribution in [0.2, 0.25) is 10.0 Å². The quantitative estimate of drug-likeness (QED) is 0.242. The van der Waals surface area contributed by atoms with E-state index >= 15 is 0 Å². The van der Waals surface area contributed by atoms with Gasteiger partial charge in [-0.15, -0.1) is 0 Å². The van der Waals surface area contributed by atoms with Crippen LogP contribution in [0, 0.1) is 13.8 Å². The van der Waals surface area contributed by atoms with Gasteiger partial charge in [0, 0.05) is 22.6 Å². The van der Waals surface area contributed by atoms with Crippen molar-refractivity contribution in [2.24, 2.45) is 0 Å². The molecule has 0 saturated heterocycles. The van der Waals surface area contributed by atoms with Crippen molar-refractivity contribution in [2.75, 3.05) is 10.8 Å². The second kappa shape index (κ2) is 14.6. The predicted molar refractivity (Wildman–Crippen MR) is 173 cm³/mol. The molecular weight excluding hydrogens is 605 g/mol. The third kappa shape index (κ3) is 8.11. The van der Waals surface area contributed by atoms with Gasteiger partial charge in [-0.25, -0.2) is 8.42 Å². The Morgan fingerprint density at radius 2 is 1.65 bits per heavy atom. The number of amides is 2. The Morgan fingerprint density at radius 1 is 0.953 bits per heavy atom. The van der Waals surface area contributed by atoms with E-state index in [0.717, 1.165) is 42.0 Å². The summed E-state index contributed by atoms with van der Waals surface area (Å²) in [5, 5.41) is 3.96. The summed E-state index contributed by atoms with van der Waals surface area (Å²) in [7, 11) is -4.14. The van der Waals surface area contributed by atoms with E-state index in [-0.39, 0.29) is 23.4 Å². The SMILES string of the molecule is CC[C@@H](C(=O)NC1CCCCC1)N(Cc1ccc(Cl)cc1Cl)C(=O)CN(c1ccc(C)cc1C)S(=O)(=O)c1ccccc1. The van der Waals surface area contributed by atoms with Gasteiger partial charge in [0.15, 0.2) is 0 Å². The largest absolute Gasteiger partial charge is 0.352 e. The lowest BCUT2D eigenvalue weighted by atomic mass is 9.95. The maximum absolute atomic E-state index is 14.3. The molecule has 0 bridgehead atoms. The van der Waals surface area contributed by atoms with Gasteiger partial charge in [0.05, 0.1) is 10.6 Å². The molecular formula is C33H39Cl2N3O4S. The van der Waals surface area contributed by atoms with E-state index in [2.05, 4.69) is 5.32 Å². The molecule has 10 heteroatoms. The number of sulfonamides is 1. The van der Waals surface area contributed by atoms with Crippen molar-refractivity contribution in [3.63, 3.8) is 0 Å². The van der Waals surface area contributed by atoms with Gasteiger partial charge < -0.3 is 10.2 Å². The normalized spacial score (nSPS) is 14.6. The maximum Gasteiger partial charge on any atom is 0.264 e. The highest BCUT2D eigenvalue weighted by Gasteiger charge is 2.35. The van der Waals surface area contributed by atoms with Crippen LogP contribution in [0.4, 0.5) is 5.69 Å². The summed E-state index contributed by atoms with van der Waals surface area (Å²) in [4.78, 5) is 29.5. The third-order valence-corrected chi connectivity index (χ3v) is 10.3. The molecule has 230 valence electrons. The van der Waals surface area contributed by atoms with Gasteiger partial charge in [0.1, 0.15) is 12.6 Å². The molecule has 0 radical (unpaired) electrons. The summed E-state index contributed by atoms with van der Waals surface area (Å²) in [6.07, 6.45) is 5.38. The van der Waals surface area contributed by atoms with Gasteiger partial charge in [-0.2, -0.15) is 0 Å². The fourth-order valence-corrected chi connectivity index (χ4v) is 7.58. The lowest BCUT2D eigenvalue weighted by Gasteiger charge is -2.35. The first kappa shape index (κ1) is 32.8. The van der Waals surface area contributed by atoms with Crippen LogP contribution >= 0.6 is 23.2 Å². The smallest absolute Gasteiger partial charge is 0.264 e. The van der Waals surface area contributed by atoms with Crippen LogP contribution in [0.1, 0.15) is 62.1 Å². The Bertz CT molecular complexity index is 1540. The van der Waals surface area contributed by atoms with Crippen molar-refractivity contribution < 1.29 is 18.0 Å². The Labute approximate surface area is 265 Å². The summed E-state index contributed by atoms with van der Waals surface area (Å²) in [5.74, 6) is -0.770. The second-order valence-corrected chi connectivity index (χ2v) is 13.8. The number of anilines is 1. The van der Waals surface area contributed by atoms with E-state index in [9.17, 15) is 18.0 Å².